The Hall–Kier alpha value is -4.39. The molecule has 0 fully saturated rings. The maximum absolute atomic E-state index is 10.4. The monoisotopic (exact) mass is 1170 g/mol. The Kier molecular flexibility index (Phi) is 34.9. The molecule has 0 amide bonds. The Balaban J connectivity index is 0.00000256. The fraction of sp³-hybridized carbons (Fsp3) is 0.646. The van der Waals surface area contributed by atoms with E-state index >= 15 is 0 Å². The topological polar surface area (TPSA) is 53.2 Å². The highest BCUT2D eigenvalue weighted by Crippen LogP contribution is 2.43. The average Bonchev–Trinajstić information content (AvgIpc) is 3.42. The molecule has 2 unspecified atom stereocenters. The Bertz CT molecular complexity index is 2510. The number of hydrogen-bond acceptors (Lipinski definition) is 3. The molecule has 0 saturated carbocycles. The number of benzene rings is 2. The molecule has 0 aromatic heterocycles. The van der Waals surface area contributed by atoms with Gasteiger partial charge in [-0.1, -0.05) is 275 Å². The number of hydrogen-bond donors (Lipinski definition) is 1. The lowest BCUT2D eigenvalue weighted by molar-refractivity contribution is 0.0558. The number of methoxy groups -OCH3 is 1. The first-order valence-electron chi connectivity index (χ1n) is 33.3. The van der Waals surface area contributed by atoms with Crippen molar-refractivity contribution in [3.63, 3.8) is 0 Å². The number of phenolic OH excluding ortho intramolecular Hbond substituents is 1. The summed E-state index contributed by atoms with van der Waals surface area (Å²) >= 11 is 0. The van der Waals surface area contributed by atoms with Gasteiger partial charge in [0.15, 0.2) is 0 Å². The molecular formula is C82H135NO2. The molecule has 0 radical (unpaired) electrons. The number of ether oxygens (including phenoxy) is 1. The summed E-state index contributed by atoms with van der Waals surface area (Å²) < 4.78 is 6.14. The van der Waals surface area contributed by atoms with E-state index in [9.17, 15) is 5.11 Å². The van der Waals surface area contributed by atoms with Crippen LogP contribution in [-0.4, -0.2) is 18.8 Å². The summed E-state index contributed by atoms with van der Waals surface area (Å²) in [6.07, 6.45) is 33.0. The van der Waals surface area contributed by atoms with Gasteiger partial charge >= 0.3 is 0 Å². The molecule has 2 atom stereocenters. The van der Waals surface area contributed by atoms with Crippen LogP contribution in [0.4, 0.5) is 0 Å². The minimum absolute atomic E-state index is 0.0298. The summed E-state index contributed by atoms with van der Waals surface area (Å²) in [6.45, 7) is 72.0. The van der Waals surface area contributed by atoms with Crippen LogP contribution in [0.5, 0.6) is 5.75 Å². The molecule has 2 aromatic rings. The number of unbranched alkanes of at least 4 members (excludes halogenated alkanes) is 2. The van der Waals surface area contributed by atoms with Crippen LogP contribution in [0.25, 0.3) is 0 Å². The average molecular weight is 1170 g/mol. The van der Waals surface area contributed by atoms with E-state index in [0.29, 0.717) is 23.5 Å². The van der Waals surface area contributed by atoms with Gasteiger partial charge in [-0.2, -0.15) is 5.26 Å². The summed E-state index contributed by atoms with van der Waals surface area (Å²) in [5.74, 6) is 2.10. The van der Waals surface area contributed by atoms with Crippen molar-refractivity contribution in [3.05, 3.63) is 159 Å². The molecule has 85 heavy (non-hydrogen) atoms. The molecule has 2 aromatic carbocycles. The van der Waals surface area contributed by atoms with Crippen LogP contribution < -0.4 is 0 Å². The molecule has 0 bridgehead atoms. The van der Waals surface area contributed by atoms with E-state index in [1.54, 1.807) is 11.6 Å². The second-order valence-corrected chi connectivity index (χ2v) is 31.7. The largest absolute Gasteiger partial charge is 0.507 e. The molecule has 480 valence electrons. The SMILES string of the molecule is C=C(CCC1=CC(C(C)(C)C)=CC(C(C)C)C1)CCC(CCCC/C=C/C(=C\C(=C/C)C(C)(C)C)C(C)(C)C)(CCC(=C)CCc1cc(C(C)(C)C)cc(C(C)(C)C)c1)COC.C=CCCc1cc(C(C)C)c(O)c(C(C)(C)C)c1.CC.CC#N. The van der Waals surface area contributed by atoms with Gasteiger partial charge in [-0.25, -0.2) is 0 Å². The van der Waals surface area contributed by atoms with Crippen LogP contribution in [0.2, 0.25) is 0 Å². The molecule has 3 heteroatoms. The van der Waals surface area contributed by atoms with Gasteiger partial charge in [0.05, 0.1) is 12.7 Å². The van der Waals surface area contributed by atoms with E-state index in [2.05, 4.69) is 233 Å². The molecule has 3 rings (SSSR count). The predicted octanol–water partition coefficient (Wildman–Crippen LogP) is 25.4. The molecule has 3 nitrogen and oxygen atoms in total. The predicted molar refractivity (Wildman–Crippen MR) is 381 cm³/mol. The van der Waals surface area contributed by atoms with Crippen molar-refractivity contribution in [2.24, 2.45) is 33.5 Å². The zero-order valence-corrected chi connectivity index (χ0v) is 60.9. The second kappa shape index (κ2) is 36.8. The zero-order valence-electron chi connectivity index (χ0n) is 60.9. The van der Waals surface area contributed by atoms with Crippen LogP contribution in [0.3, 0.4) is 0 Å². The third-order valence-electron chi connectivity index (χ3n) is 17.0. The molecular weight excluding hydrogens is 1030 g/mol. The highest BCUT2D eigenvalue weighted by atomic mass is 16.5. The van der Waals surface area contributed by atoms with E-state index in [1.165, 1.54) is 82.7 Å². The fourth-order valence-corrected chi connectivity index (χ4v) is 10.9. The summed E-state index contributed by atoms with van der Waals surface area (Å²) in [6, 6.07) is 13.4. The van der Waals surface area contributed by atoms with E-state index in [-0.39, 0.29) is 37.9 Å². The van der Waals surface area contributed by atoms with Gasteiger partial charge in [0.25, 0.3) is 0 Å². The van der Waals surface area contributed by atoms with Gasteiger partial charge in [-0.15, -0.1) is 6.58 Å². The van der Waals surface area contributed by atoms with Gasteiger partial charge in [0, 0.05) is 14.0 Å². The quantitative estimate of drug-likeness (QED) is 0.0580. The zero-order chi connectivity index (χ0) is 66.0. The van der Waals surface area contributed by atoms with Crippen molar-refractivity contribution >= 4 is 0 Å². The number of aryl methyl sites for hydroxylation is 2. The number of allylic oxidation sites excluding steroid dienone is 13. The lowest BCUT2D eigenvalue weighted by Crippen LogP contribution is -2.27. The number of nitriles is 1. The summed E-state index contributed by atoms with van der Waals surface area (Å²) in [4.78, 5) is 0. The first kappa shape index (κ1) is 80.6. The van der Waals surface area contributed by atoms with E-state index in [0.717, 1.165) is 88.4 Å². The van der Waals surface area contributed by atoms with Gasteiger partial charge in [-0.05, 0) is 203 Å². The standard InChI is InChI=1S/C61H100O.C17H26O.C2H3N.C2H6/c1-22-51(56(6,7)8)42-52(57(9,10)11)27-25-23-24-26-34-61(44-62-21,35-32-46(4)28-30-48-37-50(45(2)3)41-53(38-48)58(12,13)14)36-33-47(5)29-31-49-39-54(59(15,16)17)43-55(40-49)60(18,19)20;1-7-8-9-13-10-14(12(2)3)16(18)15(11-13)17(4,5)6;1-2-3;1-2/h22,25,27,38-43,45,50H,4-5,23-24,26,28-37,44H2,1-3,6-21H3;7,10-12,18H,1,8-9H2,2-6H3;1H3;1-2H3/b27-25+,51-22+,52-42+;;;. The van der Waals surface area contributed by atoms with Crippen LogP contribution in [0.15, 0.2) is 126 Å². The molecule has 0 saturated heterocycles. The van der Waals surface area contributed by atoms with Crippen LogP contribution in [0.1, 0.15) is 303 Å². The summed E-state index contributed by atoms with van der Waals surface area (Å²) in [5, 5.41) is 17.7. The van der Waals surface area contributed by atoms with Gasteiger partial charge in [0.2, 0.25) is 0 Å². The smallest absolute Gasteiger partial charge is 0.122 e. The fourth-order valence-electron chi connectivity index (χ4n) is 10.9. The molecule has 0 heterocycles. The van der Waals surface area contributed by atoms with Crippen LogP contribution in [-0.2, 0) is 33.8 Å². The molecule has 1 N–H and O–H groups in total. The van der Waals surface area contributed by atoms with Gasteiger partial charge in [-0.3, -0.25) is 0 Å². The van der Waals surface area contributed by atoms with Gasteiger partial charge < -0.3 is 9.84 Å². The normalized spacial score (nSPS) is 15.4. The Morgan fingerprint density at radius 1 is 0.671 bits per heavy atom. The van der Waals surface area contributed by atoms with Crippen LogP contribution >= 0.6 is 0 Å². The number of nitrogens with zero attached hydrogens (tertiary/aromatic N) is 1. The van der Waals surface area contributed by atoms with Crippen molar-refractivity contribution in [3.8, 4) is 11.8 Å². The van der Waals surface area contributed by atoms with E-state index < -0.39 is 0 Å². The van der Waals surface area contributed by atoms with Crippen LogP contribution in [0, 0.1) is 44.8 Å². The third-order valence-corrected chi connectivity index (χ3v) is 17.0. The number of rotatable bonds is 26. The van der Waals surface area contributed by atoms with Crippen molar-refractivity contribution < 1.29 is 9.84 Å². The number of phenols is 1. The minimum Gasteiger partial charge on any atom is -0.507 e. The molecule has 1 aliphatic rings. The number of aromatic hydroxyl groups is 1. The van der Waals surface area contributed by atoms with Crippen molar-refractivity contribution in [1.29, 1.82) is 5.26 Å². The lowest BCUT2D eigenvalue weighted by Gasteiger charge is -2.35. The Morgan fingerprint density at radius 2 is 1.18 bits per heavy atom. The van der Waals surface area contributed by atoms with Gasteiger partial charge in [0.1, 0.15) is 5.75 Å². The molecule has 0 aliphatic heterocycles. The minimum atomic E-state index is -0.0298. The molecule has 0 spiro atoms. The maximum Gasteiger partial charge on any atom is 0.122 e. The summed E-state index contributed by atoms with van der Waals surface area (Å²) in [7, 11) is 1.91. The Labute approximate surface area is 529 Å². The maximum atomic E-state index is 10.4. The lowest BCUT2D eigenvalue weighted by atomic mass is 9.73. The van der Waals surface area contributed by atoms with Crippen molar-refractivity contribution in [2.45, 2.75) is 298 Å². The molecule has 1 aliphatic carbocycles. The highest BCUT2D eigenvalue weighted by Gasteiger charge is 2.31. The summed E-state index contributed by atoms with van der Waals surface area (Å²) in [5.41, 5.74) is 17.1. The van der Waals surface area contributed by atoms with Crippen molar-refractivity contribution in [1.82, 2.24) is 0 Å². The third kappa shape index (κ3) is 30.4. The van der Waals surface area contributed by atoms with Crippen molar-refractivity contribution in [2.75, 3.05) is 13.7 Å². The second-order valence-electron chi connectivity index (χ2n) is 31.7. The first-order valence-corrected chi connectivity index (χ1v) is 33.3. The van der Waals surface area contributed by atoms with E-state index in [1.807, 2.05) is 27.0 Å². The Morgan fingerprint density at radius 3 is 1.60 bits per heavy atom. The highest BCUT2D eigenvalue weighted by molar-refractivity contribution is 5.48. The van der Waals surface area contributed by atoms with E-state index in [4.69, 9.17) is 23.2 Å². The first-order chi connectivity index (χ1) is 39.1.